The third-order valence-electron chi connectivity index (χ3n) is 3.54. The van der Waals surface area contributed by atoms with Gasteiger partial charge in [0.15, 0.2) is 0 Å². The number of amides is 2. The summed E-state index contributed by atoms with van der Waals surface area (Å²) in [5.74, 6) is -1.10. The summed E-state index contributed by atoms with van der Waals surface area (Å²) in [6, 6.07) is 5.05. The maximum absolute atomic E-state index is 11.9. The number of rotatable bonds is 6. The van der Waals surface area contributed by atoms with E-state index in [9.17, 15) is 14.7 Å². The summed E-state index contributed by atoms with van der Waals surface area (Å²) < 4.78 is 0. The molecule has 5 nitrogen and oxygen atoms in total. The summed E-state index contributed by atoms with van der Waals surface area (Å²) in [5, 5.41) is 15.7. The van der Waals surface area contributed by atoms with E-state index in [2.05, 4.69) is 24.5 Å². The van der Waals surface area contributed by atoms with Crippen LogP contribution in [0.15, 0.2) is 18.2 Å². The molecule has 0 radical (unpaired) electrons. The molecule has 3 N–H and O–H groups in total. The summed E-state index contributed by atoms with van der Waals surface area (Å²) in [6.07, 6.45) is 1.40. The highest BCUT2D eigenvalue weighted by Crippen LogP contribution is 2.20. The van der Waals surface area contributed by atoms with Crippen LogP contribution in [-0.4, -0.2) is 29.1 Å². The first-order valence-corrected chi connectivity index (χ1v) is 8.06. The molecule has 1 aromatic rings. The van der Waals surface area contributed by atoms with Gasteiger partial charge in [0.25, 0.3) is 0 Å². The Bertz CT molecular complexity index is 571. The maximum Gasteiger partial charge on any atom is 0.313 e. The minimum atomic E-state index is -1.04. The van der Waals surface area contributed by atoms with Crippen LogP contribution < -0.4 is 10.6 Å². The summed E-state index contributed by atoms with van der Waals surface area (Å²) in [4.78, 5) is 23.8. The highest BCUT2D eigenvalue weighted by atomic mass is 35.5. The van der Waals surface area contributed by atoms with E-state index in [1.165, 1.54) is 0 Å². The van der Waals surface area contributed by atoms with Crippen molar-refractivity contribution >= 4 is 29.1 Å². The molecule has 0 saturated carbocycles. The van der Waals surface area contributed by atoms with Crippen LogP contribution in [0, 0.1) is 12.8 Å². The third kappa shape index (κ3) is 7.01. The van der Waals surface area contributed by atoms with Crippen LogP contribution >= 0.6 is 11.6 Å². The van der Waals surface area contributed by atoms with Crippen molar-refractivity contribution < 1.29 is 14.7 Å². The number of hydrogen-bond acceptors (Lipinski definition) is 3. The first kappa shape index (κ1) is 19.5. The van der Waals surface area contributed by atoms with Gasteiger partial charge in [0.2, 0.25) is 0 Å². The zero-order valence-corrected chi connectivity index (χ0v) is 14.8. The number of carbonyl (C=O) groups excluding carboxylic acids is 2. The van der Waals surface area contributed by atoms with Crippen molar-refractivity contribution in [3.63, 3.8) is 0 Å². The lowest BCUT2D eigenvalue weighted by molar-refractivity contribution is -0.136. The van der Waals surface area contributed by atoms with Crippen LogP contribution in [0.3, 0.4) is 0 Å². The van der Waals surface area contributed by atoms with Crippen LogP contribution in [-0.2, 0) is 9.59 Å². The fourth-order valence-corrected chi connectivity index (χ4v) is 2.12. The molecule has 1 unspecified atom stereocenters. The van der Waals surface area contributed by atoms with Crippen LogP contribution in [0.4, 0.5) is 5.69 Å². The van der Waals surface area contributed by atoms with E-state index in [0.29, 0.717) is 23.0 Å². The second kappa shape index (κ2) is 8.31. The van der Waals surface area contributed by atoms with Gasteiger partial charge in [-0.05, 0) is 50.3 Å². The van der Waals surface area contributed by atoms with Crippen molar-refractivity contribution in [3.05, 3.63) is 28.8 Å². The zero-order chi connectivity index (χ0) is 17.6. The minimum Gasteiger partial charge on any atom is -0.388 e. The Kier molecular flexibility index (Phi) is 7.03. The van der Waals surface area contributed by atoms with E-state index in [0.717, 1.165) is 12.0 Å². The van der Waals surface area contributed by atoms with E-state index in [-0.39, 0.29) is 6.54 Å². The molecule has 0 fully saturated rings. The van der Waals surface area contributed by atoms with Crippen molar-refractivity contribution in [2.45, 2.75) is 46.1 Å². The van der Waals surface area contributed by atoms with E-state index in [4.69, 9.17) is 11.6 Å². The molecule has 0 spiro atoms. The fourth-order valence-electron chi connectivity index (χ4n) is 1.95. The Morgan fingerprint density at radius 3 is 2.57 bits per heavy atom. The van der Waals surface area contributed by atoms with Crippen molar-refractivity contribution in [1.29, 1.82) is 0 Å². The second-order valence-electron chi connectivity index (χ2n) is 6.53. The molecule has 0 bridgehead atoms. The smallest absolute Gasteiger partial charge is 0.313 e. The number of anilines is 1. The largest absolute Gasteiger partial charge is 0.388 e. The van der Waals surface area contributed by atoms with Gasteiger partial charge in [0.05, 0.1) is 5.60 Å². The van der Waals surface area contributed by atoms with Gasteiger partial charge in [0.1, 0.15) is 0 Å². The molecule has 23 heavy (non-hydrogen) atoms. The van der Waals surface area contributed by atoms with Gasteiger partial charge in [-0.1, -0.05) is 31.5 Å². The quantitative estimate of drug-likeness (QED) is 0.697. The van der Waals surface area contributed by atoms with E-state index in [1.54, 1.807) is 32.0 Å². The highest BCUT2D eigenvalue weighted by Gasteiger charge is 2.23. The van der Waals surface area contributed by atoms with E-state index in [1.807, 2.05) is 0 Å². The summed E-state index contributed by atoms with van der Waals surface area (Å²) >= 11 is 5.88. The van der Waals surface area contributed by atoms with Gasteiger partial charge in [-0.2, -0.15) is 0 Å². The SMILES string of the molecule is Cc1ccc(Cl)cc1NC(=O)C(=O)NCC(C)(O)CCC(C)C. The number of nitrogens with one attached hydrogen (secondary N) is 2. The third-order valence-corrected chi connectivity index (χ3v) is 3.78. The standard InChI is InChI=1S/C17H25ClN2O3/c1-11(2)7-8-17(4,23)10-19-15(21)16(22)20-14-9-13(18)6-5-12(14)3/h5-6,9,11,23H,7-8,10H2,1-4H3,(H,19,21)(H,20,22). The zero-order valence-electron chi connectivity index (χ0n) is 14.1. The molecule has 6 heteroatoms. The average molecular weight is 341 g/mol. The number of aryl methyl sites for hydroxylation is 1. The lowest BCUT2D eigenvalue weighted by Crippen LogP contribution is -2.44. The highest BCUT2D eigenvalue weighted by molar-refractivity contribution is 6.40. The van der Waals surface area contributed by atoms with Crippen LogP contribution in [0.1, 0.15) is 39.2 Å². The number of hydrogen-bond donors (Lipinski definition) is 3. The second-order valence-corrected chi connectivity index (χ2v) is 6.96. The predicted octanol–water partition coefficient (Wildman–Crippen LogP) is 2.89. The molecule has 1 aromatic carbocycles. The molecule has 128 valence electrons. The fraction of sp³-hybridized carbons (Fsp3) is 0.529. The van der Waals surface area contributed by atoms with Crippen molar-refractivity contribution in [1.82, 2.24) is 5.32 Å². The van der Waals surface area contributed by atoms with E-state index < -0.39 is 17.4 Å². The Balaban J connectivity index is 2.54. The molecule has 0 aliphatic rings. The lowest BCUT2D eigenvalue weighted by atomic mass is 9.95. The average Bonchev–Trinajstić information content (AvgIpc) is 2.46. The summed E-state index contributed by atoms with van der Waals surface area (Å²) in [6.45, 7) is 7.61. The molecule has 0 aliphatic heterocycles. The normalized spacial score (nSPS) is 13.5. The summed E-state index contributed by atoms with van der Waals surface area (Å²) in [5.41, 5.74) is 0.260. The summed E-state index contributed by atoms with van der Waals surface area (Å²) in [7, 11) is 0. The van der Waals surface area contributed by atoms with Gasteiger partial charge in [0, 0.05) is 17.3 Å². The van der Waals surface area contributed by atoms with Crippen molar-refractivity contribution in [3.8, 4) is 0 Å². The Morgan fingerprint density at radius 2 is 1.96 bits per heavy atom. The Hall–Kier alpha value is -1.59. The number of aliphatic hydroxyl groups is 1. The van der Waals surface area contributed by atoms with Crippen LogP contribution in [0.25, 0.3) is 0 Å². The molecule has 0 aliphatic carbocycles. The molecule has 1 rings (SSSR count). The van der Waals surface area contributed by atoms with Gasteiger partial charge in [-0.15, -0.1) is 0 Å². The van der Waals surface area contributed by atoms with Gasteiger partial charge in [-0.3, -0.25) is 9.59 Å². The lowest BCUT2D eigenvalue weighted by Gasteiger charge is -2.24. The molecular weight excluding hydrogens is 316 g/mol. The van der Waals surface area contributed by atoms with Crippen molar-refractivity contribution in [2.75, 3.05) is 11.9 Å². The monoisotopic (exact) mass is 340 g/mol. The molecule has 0 saturated heterocycles. The van der Waals surface area contributed by atoms with Gasteiger partial charge < -0.3 is 15.7 Å². The molecular formula is C17H25ClN2O3. The predicted molar refractivity (Wildman–Crippen MR) is 92.5 cm³/mol. The number of benzene rings is 1. The molecule has 0 aromatic heterocycles. The first-order chi connectivity index (χ1) is 10.6. The Labute approximate surface area is 142 Å². The van der Waals surface area contributed by atoms with Crippen LogP contribution in [0.5, 0.6) is 0 Å². The number of carbonyl (C=O) groups is 2. The van der Waals surface area contributed by atoms with E-state index >= 15 is 0 Å². The molecule has 0 heterocycles. The first-order valence-electron chi connectivity index (χ1n) is 7.68. The van der Waals surface area contributed by atoms with Gasteiger partial charge in [-0.25, -0.2) is 0 Å². The maximum atomic E-state index is 11.9. The number of halogens is 1. The minimum absolute atomic E-state index is 0.0283. The topological polar surface area (TPSA) is 78.4 Å². The molecule has 2 amide bonds. The van der Waals surface area contributed by atoms with Crippen LogP contribution in [0.2, 0.25) is 5.02 Å². The Morgan fingerprint density at radius 1 is 1.30 bits per heavy atom. The molecule has 1 atom stereocenters. The van der Waals surface area contributed by atoms with Crippen molar-refractivity contribution in [2.24, 2.45) is 5.92 Å². The van der Waals surface area contributed by atoms with Gasteiger partial charge >= 0.3 is 11.8 Å².